The molecule has 1 aromatic rings. The molecule has 78 valence electrons. The van der Waals surface area contributed by atoms with E-state index in [1.807, 2.05) is 13.8 Å². The molecular formula is C13H21N. The van der Waals surface area contributed by atoms with Gasteiger partial charge >= 0.3 is 0 Å². The van der Waals surface area contributed by atoms with Crippen LogP contribution in [0.15, 0.2) is 30.3 Å². The quantitative estimate of drug-likeness (QED) is 0.719. The number of benzene rings is 1. The van der Waals surface area contributed by atoms with Gasteiger partial charge in [-0.25, -0.2) is 0 Å². The van der Waals surface area contributed by atoms with E-state index in [1.165, 1.54) is 24.9 Å². The van der Waals surface area contributed by atoms with E-state index in [2.05, 4.69) is 35.6 Å². The highest BCUT2D eigenvalue weighted by Crippen LogP contribution is 2.22. The van der Waals surface area contributed by atoms with Crippen molar-refractivity contribution in [3.63, 3.8) is 0 Å². The Morgan fingerprint density at radius 3 is 2.43 bits per heavy atom. The molecule has 0 spiro atoms. The lowest BCUT2D eigenvalue weighted by atomic mass is 9.92. The molecule has 0 aromatic heterocycles. The fourth-order valence-electron chi connectivity index (χ4n) is 1.86. The summed E-state index contributed by atoms with van der Waals surface area (Å²) in [5.41, 5.74) is 1.49. The summed E-state index contributed by atoms with van der Waals surface area (Å²) in [5.74, 6) is 0.750. The van der Waals surface area contributed by atoms with Gasteiger partial charge < -0.3 is 5.32 Å². The third-order valence-corrected chi connectivity index (χ3v) is 2.57. The molecule has 1 aromatic carbocycles. The molecule has 1 fully saturated rings. The van der Waals surface area contributed by atoms with E-state index >= 15 is 0 Å². The SMILES string of the molecule is CC.c1ccc(C2CCCNC2)cc1. The lowest BCUT2D eigenvalue weighted by Gasteiger charge is -2.22. The van der Waals surface area contributed by atoms with Crippen LogP contribution in [-0.4, -0.2) is 13.1 Å². The Hall–Kier alpha value is -0.820. The highest BCUT2D eigenvalue weighted by molar-refractivity contribution is 5.20. The van der Waals surface area contributed by atoms with Crippen LogP contribution < -0.4 is 5.32 Å². The zero-order valence-corrected chi connectivity index (χ0v) is 9.29. The molecule has 1 heteroatoms. The van der Waals surface area contributed by atoms with Crippen molar-refractivity contribution in [1.29, 1.82) is 0 Å². The van der Waals surface area contributed by atoms with Crippen LogP contribution in [0.1, 0.15) is 38.2 Å². The van der Waals surface area contributed by atoms with E-state index in [9.17, 15) is 0 Å². The standard InChI is InChI=1S/C11H15N.C2H6/c1-2-5-10(6-3-1)11-7-4-8-12-9-11;1-2/h1-3,5-6,11-12H,4,7-9H2;1-2H3. The van der Waals surface area contributed by atoms with Gasteiger partial charge in [-0.3, -0.25) is 0 Å². The summed E-state index contributed by atoms with van der Waals surface area (Å²) in [5, 5.41) is 3.43. The van der Waals surface area contributed by atoms with Gasteiger partial charge in [-0.1, -0.05) is 44.2 Å². The second-order valence-corrected chi connectivity index (χ2v) is 3.45. The minimum atomic E-state index is 0.750. The minimum Gasteiger partial charge on any atom is -0.316 e. The first-order valence-corrected chi connectivity index (χ1v) is 5.72. The van der Waals surface area contributed by atoms with Crippen LogP contribution in [0.5, 0.6) is 0 Å². The Balaban J connectivity index is 0.000000461. The molecule has 1 heterocycles. The molecule has 1 aliphatic rings. The Bertz CT molecular complexity index is 224. The van der Waals surface area contributed by atoms with Crippen LogP contribution in [0.2, 0.25) is 0 Å². The van der Waals surface area contributed by atoms with Gasteiger partial charge in [0.1, 0.15) is 0 Å². The van der Waals surface area contributed by atoms with Crippen LogP contribution in [-0.2, 0) is 0 Å². The molecule has 2 rings (SSSR count). The number of rotatable bonds is 1. The van der Waals surface area contributed by atoms with Crippen molar-refractivity contribution in [3.05, 3.63) is 35.9 Å². The molecule has 0 radical (unpaired) electrons. The molecule has 1 nitrogen and oxygen atoms in total. The van der Waals surface area contributed by atoms with Gasteiger partial charge in [-0.15, -0.1) is 0 Å². The molecule has 0 saturated carbocycles. The fourth-order valence-corrected chi connectivity index (χ4v) is 1.86. The van der Waals surface area contributed by atoms with Gasteiger partial charge in [0.15, 0.2) is 0 Å². The topological polar surface area (TPSA) is 12.0 Å². The first-order chi connectivity index (χ1) is 6.97. The third-order valence-electron chi connectivity index (χ3n) is 2.57. The van der Waals surface area contributed by atoms with E-state index in [-0.39, 0.29) is 0 Å². The number of hydrogen-bond acceptors (Lipinski definition) is 1. The highest BCUT2D eigenvalue weighted by Gasteiger charge is 2.13. The van der Waals surface area contributed by atoms with Gasteiger partial charge in [0.25, 0.3) is 0 Å². The van der Waals surface area contributed by atoms with Crippen LogP contribution >= 0.6 is 0 Å². The Morgan fingerprint density at radius 1 is 1.14 bits per heavy atom. The number of piperidine rings is 1. The summed E-state index contributed by atoms with van der Waals surface area (Å²) in [7, 11) is 0. The molecule has 14 heavy (non-hydrogen) atoms. The van der Waals surface area contributed by atoms with Crippen LogP contribution in [0, 0.1) is 0 Å². The second kappa shape index (κ2) is 6.61. The molecule has 1 saturated heterocycles. The van der Waals surface area contributed by atoms with Gasteiger partial charge in [0.05, 0.1) is 0 Å². The van der Waals surface area contributed by atoms with Crippen molar-refractivity contribution in [2.45, 2.75) is 32.6 Å². The van der Waals surface area contributed by atoms with Gasteiger partial charge in [0, 0.05) is 6.54 Å². The molecule has 1 aliphatic heterocycles. The maximum Gasteiger partial charge on any atom is 0.00201 e. The van der Waals surface area contributed by atoms with Crippen LogP contribution in [0.4, 0.5) is 0 Å². The first-order valence-electron chi connectivity index (χ1n) is 5.72. The zero-order valence-electron chi connectivity index (χ0n) is 9.29. The molecule has 1 unspecified atom stereocenters. The van der Waals surface area contributed by atoms with E-state index in [0.29, 0.717) is 0 Å². The van der Waals surface area contributed by atoms with E-state index in [0.717, 1.165) is 12.5 Å². The average Bonchev–Trinajstić information content (AvgIpc) is 2.34. The summed E-state index contributed by atoms with van der Waals surface area (Å²) in [6.07, 6.45) is 2.66. The predicted molar refractivity (Wildman–Crippen MR) is 62.6 cm³/mol. The van der Waals surface area contributed by atoms with Crippen molar-refractivity contribution in [2.75, 3.05) is 13.1 Å². The Morgan fingerprint density at radius 2 is 1.86 bits per heavy atom. The molecule has 0 aliphatic carbocycles. The molecule has 0 bridgehead atoms. The lowest BCUT2D eigenvalue weighted by molar-refractivity contribution is 0.461. The first kappa shape index (κ1) is 11.3. The van der Waals surface area contributed by atoms with Crippen molar-refractivity contribution in [3.8, 4) is 0 Å². The van der Waals surface area contributed by atoms with Gasteiger partial charge in [0.2, 0.25) is 0 Å². The normalized spacial score (nSPS) is 20.9. The van der Waals surface area contributed by atoms with Crippen LogP contribution in [0.25, 0.3) is 0 Å². The average molecular weight is 191 g/mol. The van der Waals surface area contributed by atoms with Gasteiger partial charge in [-0.05, 0) is 30.9 Å². The monoisotopic (exact) mass is 191 g/mol. The largest absolute Gasteiger partial charge is 0.316 e. The van der Waals surface area contributed by atoms with Gasteiger partial charge in [-0.2, -0.15) is 0 Å². The fraction of sp³-hybridized carbons (Fsp3) is 0.538. The van der Waals surface area contributed by atoms with E-state index in [1.54, 1.807) is 0 Å². The number of nitrogens with one attached hydrogen (secondary N) is 1. The second-order valence-electron chi connectivity index (χ2n) is 3.45. The minimum absolute atomic E-state index is 0.750. The molecular weight excluding hydrogens is 170 g/mol. The Kier molecular flexibility index (Phi) is 5.31. The van der Waals surface area contributed by atoms with E-state index in [4.69, 9.17) is 0 Å². The molecule has 0 amide bonds. The highest BCUT2D eigenvalue weighted by atomic mass is 14.9. The maximum absolute atomic E-state index is 3.43. The zero-order chi connectivity index (χ0) is 10.2. The summed E-state index contributed by atoms with van der Waals surface area (Å²) in [6.45, 7) is 6.35. The smallest absolute Gasteiger partial charge is 0.00201 e. The third kappa shape index (κ3) is 3.15. The Labute approximate surface area is 87.5 Å². The summed E-state index contributed by atoms with van der Waals surface area (Å²) < 4.78 is 0. The van der Waals surface area contributed by atoms with Crippen molar-refractivity contribution in [1.82, 2.24) is 5.32 Å². The summed E-state index contributed by atoms with van der Waals surface area (Å²) in [4.78, 5) is 0. The maximum atomic E-state index is 3.43. The van der Waals surface area contributed by atoms with Crippen molar-refractivity contribution in [2.24, 2.45) is 0 Å². The lowest BCUT2D eigenvalue weighted by Crippen LogP contribution is -2.28. The summed E-state index contributed by atoms with van der Waals surface area (Å²) in [6, 6.07) is 10.8. The van der Waals surface area contributed by atoms with Crippen molar-refractivity contribution < 1.29 is 0 Å². The molecule has 1 N–H and O–H groups in total. The molecule has 1 atom stereocenters. The van der Waals surface area contributed by atoms with Crippen LogP contribution in [0.3, 0.4) is 0 Å². The van der Waals surface area contributed by atoms with Crippen molar-refractivity contribution >= 4 is 0 Å². The van der Waals surface area contributed by atoms with E-state index < -0.39 is 0 Å². The predicted octanol–water partition coefficient (Wildman–Crippen LogP) is 3.18. The number of hydrogen-bond donors (Lipinski definition) is 1. The summed E-state index contributed by atoms with van der Waals surface area (Å²) >= 11 is 0.